The van der Waals surface area contributed by atoms with Crippen LogP contribution in [0.1, 0.15) is 5.56 Å². The molecule has 9 heteroatoms. The van der Waals surface area contributed by atoms with Gasteiger partial charge in [0.15, 0.2) is 0 Å². The number of nitro groups is 1. The van der Waals surface area contributed by atoms with E-state index >= 15 is 0 Å². The molecule has 0 aliphatic rings. The molecule has 2 N–H and O–H groups in total. The molecule has 0 bridgehead atoms. The van der Waals surface area contributed by atoms with Crippen molar-refractivity contribution >= 4 is 34.6 Å². The summed E-state index contributed by atoms with van der Waals surface area (Å²) in [5.74, 6) is 0.222. The van der Waals surface area contributed by atoms with Crippen molar-refractivity contribution in [3.8, 4) is 0 Å². The van der Waals surface area contributed by atoms with Gasteiger partial charge in [-0.1, -0.05) is 17.7 Å². The van der Waals surface area contributed by atoms with E-state index in [4.69, 9.17) is 16.3 Å². The van der Waals surface area contributed by atoms with Gasteiger partial charge in [-0.15, -0.1) is 0 Å². The smallest absolute Gasteiger partial charge is 0.353 e. The van der Waals surface area contributed by atoms with E-state index in [0.717, 1.165) is 5.56 Å². The number of halogens is 1. The average Bonchev–Trinajstić information content (AvgIpc) is 2.51. The van der Waals surface area contributed by atoms with Crippen LogP contribution < -0.4 is 10.6 Å². The quantitative estimate of drug-likeness (QED) is 0.454. The Hall–Kier alpha value is -2.45. The second-order valence-corrected chi connectivity index (χ2v) is 5.12. The fourth-order valence-electron chi connectivity index (χ4n) is 1.90. The highest BCUT2D eigenvalue weighted by atomic mass is 35.5. The zero-order valence-corrected chi connectivity index (χ0v) is 13.4. The molecule has 0 aliphatic carbocycles. The van der Waals surface area contributed by atoms with E-state index in [1.165, 1.54) is 6.33 Å². The number of methoxy groups -OCH3 is 1. The molecule has 1 aromatic carbocycles. The molecule has 0 aliphatic heterocycles. The molecule has 0 saturated carbocycles. The van der Waals surface area contributed by atoms with Gasteiger partial charge in [0.1, 0.15) is 6.33 Å². The number of nitrogens with one attached hydrogen (secondary N) is 2. The van der Waals surface area contributed by atoms with Crippen molar-refractivity contribution in [3.05, 3.63) is 45.2 Å². The molecule has 1 aromatic heterocycles. The maximum atomic E-state index is 11.4. The zero-order valence-electron chi connectivity index (χ0n) is 12.7. The molecule has 8 nitrogen and oxygen atoms in total. The van der Waals surface area contributed by atoms with Crippen molar-refractivity contribution in [1.29, 1.82) is 0 Å². The third-order valence-corrected chi connectivity index (χ3v) is 3.29. The number of rotatable bonds is 7. The minimum absolute atomic E-state index is 0.0929. The van der Waals surface area contributed by atoms with Crippen LogP contribution in [-0.2, 0) is 4.74 Å². The Morgan fingerprint density at radius 3 is 2.78 bits per heavy atom. The van der Waals surface area contributed by atoms with Crippen LogP contribution in [0.5, 0.6) is 0 Å². The molecule has 0 amide bonds. The average molecular weight is 338 g/mol. The lowest BCUT2D eigenvalue weighted by Crippen LogP contribution is -2.12. The number of aryl methyl sites for hydroxylation is 1. The number of hydrogen-bond donors (Lipinski definition) is 2. The molecule has 0 atom stereocenters. The number of hydrogen-bond acceptors (Lipinski definition) is 7. The summed E-state index contributed by atoms with van der Waals surface area (Å²) in [5, 5.41) is 17.7. The van der Waals surface area contributed by atoms with E-state index in [0.29, 0.717) is 23.9 Å². The van der Waals surface area contributed by atoms with E-state index in [1.54, 1.807) is 19.2 Å². The Balaban J connectivity index is 2.35. The summed E-state index contributed by atoms with van der Waals surface area (Å²) in [4.78, 5) is 18.8. The summed E-state index contributed by atoms with van der Waals surface area (Å²) in [5.41, 5.74) is 1.29. The normalized spacial score (nSPS) is 10.4. The lowest BCUT2D eigenvalue weighted by Gasteiger charge is -2.11. The molecule has 122 valence electrons. The Bertz CT molecular complexity index is 711. The maximum absolute atomic E-state index is 11.4. The van der Waals surface area contributed by atoms with Gasteiger partial charge < -0.3 is 15.4 Å². The molecule has 0 radical (unpaired) electrons. The lowest BCUT2D eigenvalue weighted by molar-refractivity contribution is -0.383. The van der Waals surface area contributed by atoms with Crippen LogP contribution in [0.25, 0.3) is 0 Å². The van der Waals surface area contributed by atoms with Gasteiger partial charge in [0, 0.05) is 24.4 Å². The Morgan fingerprint density at radius 1 is 1.35 bits per heavy atom. The van der Waals surface area contributed by atoms with Crippen molar-refractivity contribution in [2.75, 3.05) is 30.9 Å². The topological polar surface area (TPSA) is 102 Å². The molecule has 2 rings (SSSR count). The van der Waals surface area contributed by atoms with Crippen LogP contribution in [0.15, 0.2) is 24.5 Å². The summed E-state index contributed by atoms with van der Waals surface area (Å²) in [6, 6.07) is 5.24. The first-order chi connectivity index (χ1) is 11.0. The third-order valence-electron chi connectivity index (χ3n) is 3.06. The van der Waals surface area contributed by atoms with Gasteiger partial charge in [0.25, 0.3) is 0 Å². The van der Waals surface area contributed by atoms with Crippen molar-refractivity contribution in [2.45, 2.75) is 6.92 Å². The summed E-state index contributed by atoms with van der Waals surface area (Å²) >= 11 is 5.97. The molecule has 1 heterocycles. The van der Waals surface area contributed by atoms with Gasteiger partial charge in [-0.2, -0.15) is 0 Å². The van der Waals surface area contributed by atoms with Gasteiger partial charge >= 0.3 is 5.69 Å². The fraction of sp³-hybridized carbons (Fsp3) is 0.286. The number of anilines is 3. The number of aromatic nitrogens is 2. The number of nitrogens with zero attached hydrogens (tertiary/aromatic N) is 3. The number of ether oxygens (including phenoxy) is 1. The SMILES string of the molecule is COCCNc1ncnc(Nc2cc(Cl)ccc2C)c1[N+](=O)[O-]. The molecule has 23 heavy (non-hydrogen) atoms. The van der Waals surface area contributed by atoms with Crippen molar-refractivity contribution in [2.24, 2.45) is 0 Å². The van der Waals surface area contributed by atoms with Gasteiger partial charge in [-0.25, -0.2) is 9.97 Å². The van der Waals surface area contributed by atoms with Gasteiger partial charge in [-0.3, -0.25) is 10.1 Å². The van der Waals surface area contributed by atoms with Gasteiger partial charge in [0.05, 0.1) is 11.5 Å². The van der Waals surface area contributed by atoms with Crippen molar-refractivity contribution in [1.82, 2.24) is 9.97 Å². The second kappa shape index (κ2) is 7.70. The fourth-order valence-corrected chi connectivity index (χ4v) is 2.07. The maximum Gasteiger partial charge on any atom is 0.353 e. The highest BCUT2D eigenvalue weighted by molar-refractivity contribution is 6.30. The predicted molar refractivity (Wildman–Crippen MR) is 88.5 cm³/mol. The minimum Gasteiger partial charge on any atom is -0.383 e. The van der Waals surface area contributed by atoms with E-state index in [1.807, 2.05) is 13.0 Å². The standard InChI is InChI=1S/C14H16ClN5O3/c1-9-3-4-10(15)7-11(9)19-14-12(20(21)22)13(17-8-18-14)16-5-6-23-2/h3-4,7-8H,5-6H2,1-2H3,(H2,16,17,18,19). The van der Waals surface area contributed by atoms with Crippen LogP contribution in [0, 0.1) is 17.0 Å². The monoisotopic (exact) mass is 337 g/mol. The summed E-state index contributed by atoms with van der Waals surface area (Å²) in [6.07, 6.45) is 1.25. The molecule has 0 fully saturated rings. The first-order valence-corrected chi connectivity index (χ1v) is 7.16. The van der Waals surface area contributed by atoms with Crippen molar-refractivity contribution in [3.63, 3.8) is 0 Å². The second-order valence-electron chi connectivity index (χ2n) is 4.68. The van der Waals surface area contributed by atoms with Crippen LogP contribution in [-0.4, -0.2) is 35.2 Å². The Morgan fingerprint density at radius 2 is 2.09 bits per heavy atom. The van der Waals surface area contributed by atoms with E-state index in [9.17, 15) is 10.1 Å². The summed E-state index contributed by atoms with van der Waals surface area (Å²) in [6.45, 7) is 2.66. The summed E-state index contributed by atoms with van der Waals surface area (Å²) in [7, 11) is 1.55. The summed E-state index contributed by atoms with van der Waals surface area (Å²) < 4.78 is 4.91. The van der Waals surface area contributed by atoms with E-state index in [2.05, 4.69) is 20.6 Å². The molecule has 0 unspecified atom stereocenters. The Kier molecular flexibility index (Phi) is 5.67. The predicted octanol–water partition coefficient (Wildman–Crippen LogP) is 3.15. The minimum atomic E-state index is -0.530. The zero-order chi connectivity index (χ0) is 16.8. The molecular weight excluding hydrogens is 322 g/mol. The van der Waals surface area contributed by atoms with E-state index in [-0.39, 0.29) is 17.3 Å². The van der Waals surface area contributed by atoms with Crippen LogP contribution in [0.3, 0.4) is 0 Å². The first kappa shape index (κ1) is 16.9. The first-order valence-electron chi connectivity index (χ1n) is 6.78. The lowest BCUT2D eigenvalue weighted by atomic mass is 10.2. The highest BCUT2D eigenvalue weighted by Gasteiger charge is 2.23. The molecular formula is C14H16ClN5O3. The van der Waals surface area contributed by atoms with Crippen LogP contribution in [0.4, 0.5) is 23.0 Å². The van der Waals surface area contributed by atoms with Crippen LogP contribution in [0.2, 0.25) is 5.02 Å². The molecule has 0 saturated heterocycles. The molecule has 0 spiro atoms. The highest BCUT2D eigenvalue weighted by Crippen LogP contribution is 2.32. The van der Waals surface area contributed by atoms with Crippen molar-refractivity contribution < 1.29 is 9.66 Å². The largest absolute Gasteiger partial charge is 0.383 e. The van der Waals surface area contributed by atoms with Crippen LogP contribution >= 0.6 is 11.6 Å². The van der Waals surface area contributed by atoms with E-state index < -0.39 is 4.92 Å². The number of benzene rings is 1. The van der Waals surface area contributed by atoms with Gasteiger partial charge in [-0.05, 0) is 24.6 Å². The molecule has 2 aromatic rings. The third kappa shape index (κ3) is 4.27. The Labute approximate surface area is 138 Å². The van der Waals surface area contributed by atoms with Gasteiger partial charge in [0.2, 0.25) is 11.6 Å².